The van der Waals surface area contributed by atoms with Crippen LogP contribution in [-0.2, 0) is 7.05 Å². The number of para-hydroxylation sites is 1. The van der Waals surface area contributed by atoms with Crippen molar-refractivity contribution in [1.29, 1.82) is 5.26 Å². The summed E-state index contributed by atoms with van der Waals surface area (Å²) in [6.07, 6.45) is 4.03. The van der Waals surface area contributed by atoms with Gasteiger partial charge in [0.2, 0.25) is 0 Å². The zero-order valence-electron chi connectivity index (χ0n) is 14.0. The molecule has 2 aromatic rings. The van der Waals surface area contributed by atoms with Crippen molar-refractivity contribution in [1.82, 2.24) is 4.57 Å². The van der Waals surface area contributed by atoms with Gasteiger partial charge in [0, 0.05) is 18.7 Å². The standard InChI is InChI=1S/C18H20N2O3S/c1-4-11-23-17-13(7-6-8-14(17)22-5-2)12-15-18(21)20(3)16(24-15)9-10-19/h6-9,12H,4-5,11H2,1-3H3/b15-12-,16-9-. The molecule has 0 amide bonds. The summed E-state index contributed by atoms with van der Waals surface area (Å²) < 4.78 is 14.1. The molecule has 0 unspecified atom stereocenters. The molecule has 1 aromatic carbocycles. The summed E-state index contributed by atoms with van der Waals surface area (Å²) in [7, 11) is 1.66. The van der Waals surface area contributed by atoms with Crippen molar-refractivity contribution in [3.8, 4) is 17.6 Å². The summed E-state index contributed by atoms with van der Waals surface area (Å²) in [5, 5.41) is 8.81. The molecule has 2 rings (SSSR count). The fourth-order valence-corrected chi connectivity index (χ4v) is 3.15. The number of hydrogen-bond donors (Lipinski definition) is 0. The number of benzene rings is 1. The lowest BCUT2D eigenvalue weighted by Gasteiger charge is -2.13. The second kappa shape index (κ2) is 8.37. The van der Waals surface area contributed by atoms with Crippen molar-refractivity contribution in [2.75, 3.05) is 13.2 Å². The topological polar surface area (TPSA) is 64.2 Å². The molecule has 0 N–H and O–H groups in total. The highest BCUT2D eigenvalue weighted by Gasteiger charge is 2.10. The second-order valence-corrected chi connectivity index (χ2v) is 6.10. The highest BCUT2D eigenvalue weighted by Crippen LogP contribution is 2.32. The number of ether oxygens (including phenoxy) is 2. The Kier molecular flexibility index (Phi) is 6.21. The van der Waals surface area contributed by atoms with E-state index in [1.807, 2.05) is 38.1 Å². The Morgan fingerprint density at radius 3 is 2.79 bits per heavy atom. The lowest BCUT2D eigenvalue weighted by Crippen LogP contribution is -2.28. The van der Waals surface area contributed by atoms with Crippen LogP contribution in [0.4, 0.5) is 0 Å². The van der Waals surface area contributed by atoms with Crippen LogP contribution in [0.2, 0.25) is 0 Å². The summed E-state index contributed by atoms with van der Waals surface area (Å²) in [4.78, 5) is 12.3. The molecule has 1 aromatic heterocycles. The molecule has 24 heavy (non-hydrogen) atoms. The maximum Gasteiger partial charge on any atom is 0.268 e. The molecule has 0 radical (unpaired) electrons. The van der Waals surface area contributed by atoms with Crippen LogP contribution in [0.25, 0.3) is 12.2 Å². The van der Waals surface area contributed by atoms with Gasteiger partial charge in [-0.25, -0.2) is 0 Å². The van der Waals surface area contributed by atoms with Crippen LogP contribution in [0.1, 0.15) is 25.8 Å². The maximum absolute atomic E-state index is 12.3. The lowest BCUT2D eigenvalue weighted by molar-refractivity contribution is 0.276. The molecule has 0 aliphatic carbocycles. The Bertz CT molecular complexity index is 919. The molecule has 0 bridgehead atoms. The average Bonchev–Trinajstić information content (AvgIpc) is 2.83. The summed E-state index contributed by atoms with van der Waals surface area (Å²) >= 11 is 1.28. The summed E-state index contributed by atoms with van der Waals surface area (Å²) in [6.45, 7) is 5.06. The van der Waals surface area contributed by atoms with E-state index in [0.29, 0.717) is 33.9 Å². The van der Waals surface area contributed by atoms with E-state index in [1.54, 1.807) is 13.1 Å². The predicted octanol–water partition coefficient (Wildman–Crippen LogP) is 1.77. The molecule has 0 saturated carbocycles. The van der Waals surface area contributed by atoms with Crippen LogP contribution < -0.4 is 24.2 Å². The molecule has 0 spiro atoms. The number of aromatic nitrogens is 1. The van der Waals surface area contributed by atoms with E-state index < -0.39 is 0 Å². The largest absolute Gasteiger partial charge is 0.490 e. The lowest BCUT2D eigenvalue weighted by atomic mass is 10.1. The van der Waals surface area contributed by atoms with Gasteiger partial charge in [-0.1, -0.05) is 19.1 Å². The van der Waals surface area contributed by atoms with E-state index in [9.17, 15) is 4.79 Å². The molecule has 0 fully saturated rings. The van der Waals surface area contributed by atoms with Crippen LogP contribution in [0, 0.1) is 11.3 Å². The minimum absolute atomic E-state index is 0.134. The van der Waals surface area contributed by atoms with Gasteiger partial charge in [0.15, 0.2) is 11.5 Å². The van der Waals surface area contributed by atoms with Crippen molar-refractivity contribution in [2.24, 2.45) is 7.05 Å². The van der Waals surface area contributed by atoms with Gasteiger partial charge in [-0.15, -0.1) is 11.3 Å². The van der Waals surface area contributed by atoms with Crippen molar-refractivity contribution >= 4 is 23.5 Å². The predicted molar refractivity (Wildman–Crippen MR) is 95.9 cm³/mol. The Morgan fingerprint density at radius 1 is 1.33 bits per heavy atom. The van der Waals surface area contributed by atoms with Crippen LogP contribution in [0.15, 0.2) is 23.0 Å². The third-order valence-electron chi connectivity index (χ3n) is 3.29. The van der Waals surface area contributed by atoms with E-state index in [-0.39, 0.29) is 5.56 Å². The van der Waals surface area contributed by atoms with Crippen molar-refractivity contribution in [3.05, 3.63) is 43.3 Å². The third kappa shape index (κ3) is 3.87. The Hall–Kier alpha value is -2.52. The molecule has 0 atom stereocenters. The highest BCUT2D eigenvalue weighted by molar-refractivity contribution is 7.07. The number of nitriles is 1. The molecular formula is C18H20N2O3S. The quantitative estimate of drug-likeness (QED) is 0.801. The zero-order valence-corrected chi connectivity index (χ0v) is 14.9. The van der Waals surface area contributed by atoms with Gasteiger partial charge in [-0.05, 0) is 25.5 Å². The van der Waals surface area contributed by atoms with Crippen molar-refractivity contribution in [3.63, 3.8) is 0 Å². The van der Waals surface area contributed by atoms with Gasteiger partial charge in [-0.2, -0.15) is 5.26 Å². The van der Waals surface area contributed by atoms with Crippen molar-refractivity contribution < 1.29 is 9.47 Å². The van der Waals surface area contributed by atoms with Crippen LogP contribution in [0.5, 0.6) is 11.5 Å². The molecule has 126 valence electrons. The van der Waals surface area contributed by atoms with Gasteiger partial charge in [0.1, 0.15) is 4.66 Å². The molecule has 0 saturated heterocycles. The third-order valence-corrected chi connectivity index (χ3v) is 4.41. The first-order valence-corrected chi connectivity index (χ1v) is 8.60. The van der Waals surface area contributed by atoms with Crippen LogP contribution in [-0.4, -0.2) is 17.8 Å². The minimum atomic E-state index is -0.134. The maximum atomic E-state index is 12.3. The van der Waals surface area contributed by atoms with E-state index in [2.05, 4.69) is 0 Å². The first-order valence-electron chi connectivity index (χ1n) is 7.78. The number of nitrogens with zero attached hydrogens (tertiary/aromatic N) is 2. The molecule has 0 aliphatic heterocycles. The van der Waals surface area contributed by atoms with Gasteiger partial charge in [-0.3, -0.25) is 4.79 Å². The number of hydrogen-bond acceptors (Lipinski definition) is 5. The molecule has 6 heteroatoms. The minimum Gasteiger partial charge on any atom is -0.490 e. The fraction of sp³-hybridized carbons (Fsp3) is 0.333. The number of thiazole rings is 1. The van der Waals surface area contributed by atoms with Gasteiger partial charge in [0.05, 0.1) is 23.8 Å². The Morgan fingerprint density at radius 2 is 2.12 bits per heavy atom. The van der Waals surface area contributed by atoms with Crippen molar-refractivity contribution in [2.45, 2.75) is 20.3 Å². The van der Waals surface area contributed by atoms with Crippen LogP contribution in [0.3, 0.4) is 0 Å². The van der Waals surface area contributed by atoms with Gasteiger partial charge in [0.25, 0.3) is 5.56 Å². The normalized spacial score (nSPS) is 12.2. The van der Waals surface area contributed by atoms with Crippen LogP contribution >= 0.6 is 11.3 Å². The Labute approximate surface area is 144 Å². The number of rotatable bonds is 6. The zero-order chi connectivity index (χ0) is 17.5. The van der Waals surface area contributed by atoms with E-state index in [0.717, 1.165) is 12.0 Å². The molecule has 5 nitrogen and oxygen atoms in total. The summed E-state index contributed by atoms with van der Waals surface area (Å²) in [5.74, 6) is 1.30. The van der Waals surface area contributed by atoms with E-state index >= 15 is 0 Å². The second-order valence-electron chi connectivity index (χ2n) is 5.04. The first-order chi connectivity index (χ1) is 11.6. The molecule has 1 heterocycles. The van der Waals surface area contributed by atoms with Gasteiger partial charge >= 0.3 is 0 Å². The van der Waals surface area contributed by atoms with E-state index in [1.165, 1.54) is 22.0 Å². The smallest absolute Gasteiger partial charge is 0.268 e. The molecular weight excluding hydrogens is 324 g/mol. The van der Waals surface area contributed by atoms with E-state index in [4.69, 9.17) is 14.7 Å². The van der Waals surface area contributed by atoms with Gasteiger partial charge < -0.3 is 14.0 Å². The SMILES string of the molecule is CCCOc1c(/C=c2\s/c(=C\C#N)n(C)c2=O)cccc1OCC. The summed E-state index contributed by atoms with van der Waals surface area (Å²) in [6, 6.07) is 7.58. The highest BCUT2D eigenvalue weighted by atomic mass is 32.1. The molecule has 0 aliphatic rings. The summed E-state index contributed by atoms with van der Waals surface area (Å²) in [5.41, 5.74) is 0.654. The Balaban J connectivity index is 2.63. The fourth-order valence-electron chi connectivity index (χ4n) is 2.18. The average molecular weight is 344 g/mol. The monoisotopic (exact) mass is 344 g/mol. The first kappa shape index (κ1) is 17.8.